The van der Waals surface area contributed by atoms with Crippen LogP contribution in [0.5, 0.6) is 0 Å². The Morgan fingerprint density at radius 1 is 0.893 bits per heavy atom. The molecule has 1 atom stereocenters. The number of alkyl carbamates (subject to hydrolysis) is 2. The lowest BCUT2D eigenvalue weighted by Crippen LogP contribution is -2.51. The second kappa shape index (κ2) is 9.96. The molecule has 1 rings (SSSR count). The molecule has 0 radical (unpaired) electrons. The summed E-state index contributed by atoms with van der Waals surface area (Å²) in [7, 11) is 0. The van der Waals surface area contributed by atoms with Gasteiger partial charge in [-0.1, -0.05) is 30.3 Å². The van der Waals surface area contributed by atoms with Crippen LogP contribution in [0.1, 0.15) is 47.1 Å². The molecule has 0 unspecified atom stereocenters. The first-order valence-corrected chi connectivity index (χ1v) is 9.03. The van der Waals surface area contributed by atoms with Crippen LogP contribution in [-0.4, -0.2) is 41.9 Å². The zero-order chi connectivity index (χ0) is 21.4. The lowest BCUT2D eigenvalue weighted by atomic mass is 10.2. The van der Waals surface area contributed by atoms with Crippen molar-refractivity contribution in [1.29, 1.82) is 0 Å². The Hall–Kier alpha value is -2.77. The van der Waals surface area contributed by atoms with Crippen LogP contribution in [0.4, 0.5) is 9.59 Å². The molecule has 8 heteroatoms. The zero-order valence-corrected chi connectivity index (χ0v) is 17.3. The molecule has 2 N–H and O–H groups in total. The Labute approximate surface area is 165 Å². The molecule has 0 aliphatic rings. The van der Waals surface area contributed by atoms with E-state index in [0.717, 1.165) is 5.56 Å². The number of esters is 1. The van der Waals surface area contributed by atoms with Gasteiger partial charge in [0.25, 0.3) is 0 Å². The third kappa shape index (κ3) is 10.4. The van der Waals surface area contributed by atoms with Gasteiger partial charge in [0.2, 0.25) is 0 Å². The standard InChI is InChI=1S/C20H30N2O6/c1-19(2,3)27-16(23)15(22-18(25)28-20(4,5)6)12-21-17(24)26-13-14-10-8-7-9-11-14/h7-11,15H,12-13H2,1-6H3,(H,21,24)(H,22,25)/t15-/m0/s1. The molecule has 1 aromatic carbocycles. The highest BCUT2D eigenvalue weighted by atomic mass is 16.6. The minimum atomic E-state index is -1.13. The van der Waals surface area contributed by atoms with Gasteiger partial charge in [0, 0.05) is 0 Å². The summed E-state index contributed by atoms with van der Waals surface area (Å²) in [5.41, 5.74) is -0.656. The maximum atomic E-state index is 12.4. The Balaban J connectivity index is 2.63. The summed E-state index contributed by atoms with van der Waals surface area (Å²) >= 11 is 0. The van der Waals surface area contributed by atoms with Crippen LogP contribution in [-0.2, 0) is 25.6 Å². The van der Waals surface area contributed by atoms with Crippen molar-refractivity contribution >= 4 is 18.2 Å². The summed E-state index contributed by atoms with van der Waals surface area (Å²) in [6.07, 6.45) is -1.51. The molecular weight excluding hydrogens is 364 g/mol. The first kappa shape index (κ1) is 23.3. The van der Waals surface area contributed by atoms with Gasteiger partial charge in [-0.3, -0.25) is 0 Å². The summed E-state index contributed by atoms with van der Waals surface area (Å²) in [6, 6.07) is 8.04. The smallest absolute Gasteiger partial charge is 0.408 e. The van der Waals surface area contributed by atoms with E-state index in [9.17, 15) is 14.4 Å². The maximum Gasteiger partial charge on any atom is 0.408 e. The fourth-order valence-corrected chi connectivity index (χ4v) is 1.98. The Bertz CT molecular complexity index is 662. The molecule has 156 valence electrons. The van der Waals surface area contributed by atoms with Crippen LogP contribution in [0.15, 0.2) is 30.3 Å². The van der Waals surface area contributed by atoms with Gasteiger partial charge in [-0.25, -0.2) is 14.4 Å². The number of hydrogen-bond acceptors (Lipinski definition) is 6. The molecule has 0 saturated carbocycles. The monoisotopic (exact) mass is 394 g/mol. The molecule has 1 aromatic rings. The molecule has 0 bridgehead atoms. The van der Waals surface area contributed by atoms with Crippen LogP contribution < -0.4 is 10.6 Å². The lowest BCUT2D eigenvalue weighted by Gasteiger charge is -2.26. The van der Waals surface area contributed by atoms with Crippen molar-refractivity contribution in [3.8, 4) is 0 Å². The quantitative estimate of drug-likeness (QED) is 0.568. The average Bonchev–Trinajstić information content (AvgIpc) is 2.54. The number of carbonyl (C=O) groups is 3. The van der Waals surface area contributed by atoms with E-state index < -0.39 is 35.4 Å². The molecule has 0 saturated heterocycles. The highest BCUT2D eigenvalue weighted by Gasteiger charge is 2.29. The van der Waals surface area contributed by atoms with Crippen LogP contribution in [0.2, 0.25) is 0 Å². The van der Waals surface area contributed by atoms with Crippen molar-refractivity contribution in [1.82, 2.24) is 10.6 Å². The lowest BCUT2D eigenvalue weighted by molar-refractivity contribution is -0.157. The summed E-state index contributed by atoms with van der Waals surface area (Å²) in [6.45, 7) is 10.1. The zero-order valence-electron chi connectivity index (χ0n) is 17.3. The minimum absolute atomic E-state index is 0.0866. The molecule has 0 fully saturated rings. The van der Waals surface area contributed by atoms with Gasteiger partial charge in [0.05, 0.1) is 6.54 Å². The maximum absolute atomic E-state index is 12.4. The Morgan fingerprint density at radius 3 is 2.00 bits per heavy atom. The molecule has 0 aliphatic carbocycles. The van der Waals surface area contributed by atoms with E-state index in [1.54, 1.807) is 41.5 Å². The third-order valence-corrected chi connectivity index (χ3v) is 3.05. The molecule has 2 amide bonds. The summed E-state index contributed by atoms with van der Waals surface area (Å²) in [5.74, 6) is -0.693. The highest BCUT2D eigenvalue weighted by Crippen LogP contribution is 2.10. The average molecular weight is 394 g/mol. The first-order chi connectivity index (χ1) is 12.9. The Morgan fingerprint density at radius 2 is 1.46 bits per heavy atom. The van der Waals surface area contributed by atoms with E-state index in [-0.39, 0.29) is 13.2 Å². The largest absolute Gasteiger partial charge is 0.458 e. The van der Waals surface area contributed by atoms with Crippen LogP contribution >= 0.6 is 0 Å². The number of hydrogen-bond donors (Lipinski definition) is 2. The molecule has 0 aromatic heterocycles. The van der Waals surface area contributed by atoms with Crippen molar-refractivity contribution in [3.63, 3.8) is 0 Å². The van der Waals surface area contributed by atoms with Gasteiger partial charge in [-0.05, 0) is 47.1 Å². The molecule has 0 spiro atoms. The summed E-state index contributed by atoms with van der Waals surface area (Å²) < 4.78 is 15.5. The van der Waals surface area contributed by atoms with E-state index in [2.05, 4.69) is 10.6 Å². The van der Waals surface area contributed by atoms with Crippen LogP contribution in [0.25, 0.3) is 0 Å². The number of amides is 2. The second-order valence-electron chi connectivity index (χ2n) is 8.17. The fraction of sp³-hybridized carbons (Fsp3) is 0.550. The second-order valence-corrected chi connectivity index (χ2v) is 8.17. The highest BCUT2D eigenvalue weighted by molar-refractivity contribution is 5.82. The van der Waals surface area contributed by atoms with E-state index in [1.165, 1.54) is 0 Å². The van der Waals surface area contributed by atoms with Crippen LogP contribution in [0.3, 0.4) is 0 Å². The van der Waals surface area contributed by atoms with Gasteiger partial charge in [0.1, 0.15) is 23.9 Å². The van der Waals surface area contributed by atoms with Crippen molar-refractivity contribution in [2.24, 2.45) is 0 Å². The number of carbonyl (C=O) groups excluding carboxylic acids is 3. The SMILES string of the molecule is CC(C)(C)OC(=O)N[C@@H](CNC(=O)OCc1ccccc1)C(=O)OC(C)(C)C. The molecule has 8 nitrogen and oxygen atoms in total. The first-order valence-electron chi connectivity index (χ1n) is 9.03. The van der Waals surface area contributed by atoms with Crippen LogP contribution in [0, 0.1) is 0 Å². The predicted octanol–water partition coefficient (Wildman–Crippen LogP) is 3.15. The third-order valence-electron chi connectivity index (χ3n) is 3.05. The fourth-order valence-electron chi connectivity index (χ4n) is 1.98. The van der Waals surface area contributed by atoms with E-state index in [1.807, 2.05) is 30.3 Å². The van der Waals surface area contributed by atoms with Gasteiger partial charge in [-0.15, -0.1) is 0 Å². The van der Waals surface area contributed by atoms with Gasteiger partial charge in [0.15, 0.2) is 0 Å². The van der Waals surface area contributed by atoms with Crippen molar-refractivity contribution in [2.45, 2.75) is 65.4 Å². The molecule has 0 aliphatic heterocycles. The topological polar surface area (TPSA) is 103 Å². The normalized spacial score (nSPS) is 12.5. The number of benzene rings is 1. The number of rotatable bonds is 6. The molecule has 28 heavy (non-hydrogen) atoms. The van der Waals surface area contributed by atoms with E-state index in [4.69, 9.17) is 14.2 Å². The number of ether oxygens (including phenoxy) is 3. The summed E-state index contributed by atoms with van der Waals surface area (Å²) in [5, 5.41) is 4.87. The van der Waals surface area contributed by atoms with Gasteiger partial charge in [-0.2, -0.15) is 0 Å². The number of nitrogens with one attached hydrogen (secondary N) is 2. The minimum Gasteiger partial charge on any atom is -0.458 e. The predicted molar refractivity (Wildman–Crippen MR) is 104 cm³/mol. The van der Waals surface area contributed by atoms with Crippen molar-refractivity contribution in [3.05, 3.63) is 35.9 Å². The Kier molecular flexibility index (Phi) is 8.28. The van der Waals surface area contributed by atoms with Gasteiger partial charge >= 0.3 is 18.2 Å². The van der Waals surface area contributed by atoms with Crippen molar-refractivity contribution < 1.29 is 28.6 Å². The van der Waals surface area contributed by atoms with Crippen molar-refractivity contribution in [2.75, 3.05) is 6.54 Å². The van der Waals surface area contributed by atoms with Gasteiger partial charge < -0.3 is 24.8 Å². The summed E-state index contributed by atoms with van der Waals surface area (Å²) in [4.78, 5) is 36.3. The van der Waals surface area contributed by atoms with E-state index >= 15 is 0 Å². The molecular formula is C20H30N2O6. The molecule has 0 heterocycles. The van der Waals surface area contributed by atoms with E-state index in [0.29, 0.717) is 0 Å².